The molecule has 0 saturated heterocycles. The van der Waals surface area contributed by atoms with E-state index in [0.29, 0.717) is 45.7 Å². The van der Waals surface area contributed by atoms with E-state index in [2.05, 4.69) is 31.4 Å². The Hall–Kier alpha value is -5.04. The molecule has 0 aliphatic heterocycles. The monoisotopic (exact) mass is 449 g/mol. The molecule has 0 bridgehead atoms. The normalized spacial score (nSPS) is 10.7. The maximum Gasteiger partial charge on any atom is 0.248 e. The van der Waals surface area contributed by atoms with Crippen LogP contribution in [0.1, 0.15) is 11.3 Å². The third kappa shape index (κ3) is 3.71. The maximum absolute atomic E-state index is 9.73. The Kier molecular flexibility index (Phi) is 5.20. The molecule has 0 amide bonds. The molecule has 3 N–H and O–H groups in total. The molecule has 0 spiro atoms. The van der Waals surface area contributed by atoms with Gasteiger partial charge in [0.15, 0.2) is 5.65 Å². The minimum Gasteiger partial charge on any atom is -0.481 e. The van der Waals surface area contributed by atoms with E-state index in [9.17, 15) is 5.26 Å². The number of hydrogen-bond acceptors (Lipinski definition) is 9. The van der Waals surface area contributed by atoms with Crippen molar-refractivity contribution in [3.63, 3.8) is 0 Å². The fourth-order valence-electron chi connectivity index (χ4n) is 3.70. The summed E-state index contributed by atoms with van der Waals surface area (Å²) in [5.74, 6) is 1.46. The fraction of sp³-hybridized carbons (Fsp3) is 0.0833. The zero-order chi connectivity index (χ0) is 23.7. The van der Waals surface area contributed by atoms with Crippen molar-refractivity contribution >= 4 is 23.4 Å². The summed E-state index contributed by atoms with van der Waals surface area (Å²) in [6.07, 6.45) is 1.67. The summed E-state index contributed by atoms with van der Waals surface area (Å²) in [5.41, 5.74) is 10.5. The van der Waals surface area contributed by atoms with Crippen molar-refractivity contribution in [2.24, 2.45) is 0 Å². The predicted octanol–water partition coefficient (Wildman–Crippen LogP) is 3.76. The van der Waals surface area contributed by atoms with Crippen LogP contribution in [0.2, 0.25) is 0 Å². The average molecular weight is 449 g/mol. The molecule has 4 heterocycles. The molecule has 1 aromatic carbocycles. The van der Waals surface area contributed by atoms with Gasteiger partial charge in [0.2, 0.25) is 17.8 Å². The van der Waals surface area contributed by atoms with E-state index in [1.165, 1.54) is 4.52 Å². The Morgan fingerprint density at radius 1 is 1.06 bits per heavy atom. The molecule has 166 valence electrons. The van der Waals surface area contributed by atoms with Gasteiger partial charge in [-0.1, -0.05) is 24.3 Å². The van der Waals surface area contributed by atoms with Crippen LogP contribution in [0.5, 0.6) is 5.88 Å². The standard InChI is InChI=1S/C24H19N9O/c1-14-11-16(12-19(28-14)34-2)20-21(17-8-4-3-7-15(17)13-25)30-23(26)33-22(20)31-24(32-33)29-18-9-5-6-10-27-18/h3-12H,1-2H3,(H2,26,30)(H,27,29,32). The Balaban J connectivity index is 1.82. The number of nitrogens with two attached hydrogens (primary N) is 1. The van der Waals surface area contributed by atoms with Gasteiger partial charge in [0.05, 0.1) is 30.0 Å². The number of aryl methyl sites for hydroxylation is 1. The van der Waals surface area contributed by atoms with E-state index in [0.717, 1.165) is 11.3 Å². The summed E-state index contributed by atoms with van der Waals surface area (Å²) in [5, 5.41) is 17.3. The third-order valence-corrected chi connectivity index (χ3v) is 5.15. The van der Waals surface area contributed by atoms with Gasteiger partial charge in [0, 0.05) is 23.5 Å². The minimum absolute atomic E-state index is 0.126. The Morgan fingerprint density at radius 3 is 2.65 bits per heavy atom. The highest BCUT2D eigenvalue weighted by Crippen LogP contribution is 2.37. The lowest BCUT2D eigenvalue weighted by atomic mass is 9.97. The number of nitrogens with one attached hydrogen (secondary N) is 1. The van der Waals surface area contributed by atoms with Crippen LogP contribution in [-0.4, -0.2) is 36.7 Å². The van der Waals surface area contributed by atoms with Gasteiger partial charge in [-0.05, 0) is 36.8 Å². The Bertz CT molecular complexity index is 1550. The van der Waals surface area contributed by atoms with E-state index in [1.54, 1.807) is 37.6 Å². The smallest absolute Gasteiger partial charge is 0.248 e. The van der Waals surface area contributed by atoms with E-state index in [-0.39, 0.29) is 5.95 Å². The van der Waals surface area contributed by atoms with Crippen molar-refractivity contribution in [1.29, 1.82) is 5.26 Å². The largest absolute Gasteiger partial charge is 0.481 e. The van der Waals surface area contributed by atoms with Crippen LogP contribution in [0, 0.1) is 18.3 Å². The molecule has 10 nitrogen and oxygen atoms in total. The van der Waals surface area contributed by atoms with Gasteiger partial charge in [-0.3, -0.25) is 0 Å². The number of benzene rings is 1. The van der Waals surface area contributed by atoms with E-state index >= 15 is 0 Å². The lowest BCUT2D eigenvalue weighted by molar-refractivity contribution is 0.397. The predicted molar refractivity (Wildman–Crippen MR) is 127 cm³/mol. The average Bonchev–Trinajstić information content (AvgIpc) is 3.28. The van der Waals surface area contributed by atoms with Gasteiger partial charge in [0.1, 0.15) is 5.82 Å². The molecule has 0 fully saturated rings. The van der Waals surface area contributed by atoms with Crippen molar-refractivity contribution in [2.75, 3.05) is 18.2 Å². The van der Waals surface area contributed by atoms with Gasteiger partial charge < -0.3 is 15.8 Å². The molecule has 0 aliphatic rings. The number of pyridine rings is 2. The van der Waals surface area contributed by atoms with Gasteiger partial charge >= 0.3 is 0 Å². The molecule has 0 aliphatic carbocycles. The summed E-state index contributed by atoms with van der Waals surface area (Å²) >= 11 is 0. The zero-order valence-corrected chi connectivity index (χ0v) is 18.4. The summed E-state index contributed by atoms with van der Waals surface area (Å²) in [7, 11) is 1.56. The number of nitrogen functional groups attached to an aromatic ring is 1. The summed E-state index contributed by atoms with van der Waals surface area (Å²) in [6.45, 7) is 1.87. The first-order valence-corrected chi connectivity index (χ1v) is 10.3. The third-order valence-electron chi connectivity index (χ3n) is 5.15. The van der Waals surface area contributed by atoms with Crippen molar-refractivity contribution in [3.05, 3.63) is 72.1 Å². The molecule has 0 unspecified atom stereocenters. The molecular weight excluding hydrogens is 430 g/mol. The quantitative estimate of drug-likeness (QED) is 0.410. The molecule has 5 aromatic rings. The van der Waals surface area contributed by atoms with Crippen molar-refractivity contribution in [3.8, 4) is 34.3 Å². The number of methoxy groups -OCH3 is 1. The zero-order valence-electron chi connectivity index (χ0n) is 18.4. The topological polar surface area (TPSA) is 140 Å². The second-order valence-electron chi connectivity index (χ2n) is 7.40. The van der Waals surface area contributed by atoms with Gasteiger partial charge in [0.25, 0.3) is 0 Å². The highest BCUT2D eigenvalue weighted by atomic mass is 16.5. The molecule has 0 radical (unpaired) electrons. The second kappa shape index (κ2) is 8.48. The van der Waals surface area contributed by atoms with E-state index in [4.69, 9.17) is 15.5 Å². The molecule has 4 aromatic heterocycles. The van der Waals surface area contributed by atoms with Crippen LogP contribution in [0.4, 0.5) is 17.7 Å². The lowest BCUT2D eigenvalue weighted by Crippen LogP contribution is -2.06. The van der Waals surface area contributed by atoms with Crippen LogP contribution < -0.4 is 15.8 Å². The summed E-state index contributed by atoms with van der Waals surface area (Å²) in [6, 6.07) is 18.6. The number of anilines is 3. The van der Waals surface area contributed by atoms with Crippen molar-refractivity contribution < 1.29 is 4.74 Å². The highest BCUT2D eigenvalue weighted by molar-refractivity contribution is 5.92. The second-order valence-corrected chi connectivity index (χ2v) is 7.40. The van der Waals surface area contributed by atoms with Crippen molar-refractivity contribution in [2.45, 2.75) is 6.92 Å². The number of nitrogens with zero attached hydrogens (tertiary/aromatic N) is 7. The Labute approximate surface area is 194 Å². The SMILES string of the molecule is COc1cc(-c2c(-c3ccccc3C#N)nc(N)n3nc(Nc4ccccn4)nc23)cc(C)n1. The lowest BCUT2D eigenvalue weighted by Gasteiger charge is -2.14. The van der Waals surface area contributed by atoms with E-state index in [1.807, 2.05) is 37.3 Å². The number of aromatic nitrogens is 6. The van der Waals surface area contributed by atoms with Gasteiger partial charge in [-0.15, -0.1) is 5.10 Å². The maximum atomic E-state index is 9.73. The first-order valence-electron chi connectivity index (χ1n) is 10.3. The Morgan fingerprint density at radius 2 is 1.88 bits per heavy atom. The van der Waals surface area contributed by atoms with Crippen LogP contribution in [0.3, 0.4) is 0 Å². The van der Waals surface area contributed by atoms with Gasteiger partial charge in [-0.2, -0.15) is 14.8 Å². The number of hydrogen-bond donors (Lipinski definition) is 2. The number of rotatable bonds is 5. The van der Waals surface area contributed by atoms with Crippen LogP contribution in [0.25, 0.3) is 28.0 Å². The van der Waals surface area contributed by atoms with Crippen LogP contribution in [-0.2, 0) is 0 Å². The molecule has 34 heavy (non-hydrogen) atoms. The molecular formula is C24H19N9O. The van der Waals surface area contributed by atoms with Gasteiger partial charge in [-0.25, -0.2) is 15.0 Å². The highest BCUT2D eigenvalue weighted by Gasteiger charge is 2.22. The van der Waals surface area contributed by atoms with Crippen LogP contribution in [0.15, 0.2) is 60.8 Å². The van der Waals surface area contributed by atoms with E-state index < -0.39 is 0 Å². The number of fused-ring (bicyclic) bond motifs is 1. The number of ether oxygens (including phenoxy) is 1. The molecule has 0 atom stereocenters. The minimum atomic E-state index is 0.126. The van der Waals surface area contributed by atoms with Crippen LogP contribution >= 0.6 is 0 Å². The van der Waals surface area contributed by atoms with Crippen molar-refractivity contribution in [1.82, 2.24) is 29.5 Å². The summed E-state index contributed by atoms with van der Waals surface area (Å²) < 4.78 is 6.86. The first kappa shape index (κ1) is 20.8. The molecule has 10 heteroatoms. The molecule has 0 saturated carbocycles. The molecule has 5 rings (SSSR count). The summed E-state index contributed by atoms with van der Waals surface area (Å²) in [4.78, 5) is 18.0. The first-order chi connectivity index (χ1) is 16.6. The number of nitriles is 1. The fourth-order valence-corrected chi connectivity index (χ4v) is 3.70.